The molecule has 0 heterocycles. The molecule has 2 fully saturated rings. The second kappa shape index (κ2) is 16.8. The zero-order valence-electron chi connectivity index (χ0n) is 27.8. The van der Waals surface area contributed by atoms with Crippen molar-refractivity contribution >= 4 is 5.69 Å². The lowest BCUT2D eigenvalue weighted by atomic mass is 9.76. The molecule has 43 heavy (non-hydrogen) atoms. The fourth-order valence-electron chi connectivity index (χ4n) is 7.53. The van der Waals surface area contributed by atoms with Crippen molar-refractivity contribution in [3.63, 3.8) is 0 Å². The van der Waals surface area contributed by atoms with Crippen LogP contribution < -0.4 is 5.32 Å². The van der Waals surface area contributed by atoms with Crippen molar-refractivity contribution in [3.05, 3.63) is 89.4 Å². The molecule has 2 saturated carbocycles. The molecule has 3 heteroatoms. The Labute approximate surface area is 262 Å². The molecule has 4 atom stereocenters. The Morgan fingerprint density at radius 2 is 1.84 bits per heavy atom. The van der Waals surface area contributed by atoms with Gasteiger partial charge in [0.15, 0.2) is 0 Å². The molecule has 234 valence electrons. The minimum absolute atomic E-state index is 0.177. The molecular weight excluding hydrogens is 527 g/mol. The molecule has 0 radical (unpaired) electrons. The van der Waals surface area contributed by atoms with Crippen molar-refractivity contribution in [2.45, 2.75) is 124 Å². The second-order valence-electron chi connectivity index (χ2n) is 13.4. The highest BCUT2D eigenvalue weighted by Crippen LogP contribution is 2.64. The molecule has 1 N–H and O–H groups in total. The number of aryl methyl sites for hydroxylation is 1. The molecule has 0 bridgehead atoms. The van der Waals surface area contributed by atoms with E-state index >= 15 is 0 Å². The Bertz CT molecular complexity index is 1240. The molecule has 0 aromatic heterocycles. The number of hydrogen-bond donors (Lipinski definition) is 1. The smallest absolute Gasteiger partial charge is 0.126 e. The number of anilines is 1. The summed E-state index contributed by atoms with van der Waals surface area (Å²) in [5.41, 5.74) is 6.48. The van der Waals surface area contributed by atoms with Gasteiger partial charge in [0.1, 0.15) is 5.82 Å². The third kappa shape index (κ3) is 9.82. The minimum Gasteiger partial charge on any atom is -0.359 e. The Morgan fingerprint density at radius 1 is 1.07 bits per heavy atom. The van der Waals surface area contributed by atoms with Gasteiger partial charge in [-0.2, -0.15) is 5.26 Å². The van der Waals surface area contributed by atoms with E-state index in [4.69, 9.17) is 5.26 Å². The normalized spacial score (nSPS) is 21.2. The van der Waals surface area contributed by atoms with Crippen LogP contribution in [-0.4, -0.2) is 0 Å². The molecule has 4 rings (SSSR count). The summed E-state index contributed by atoms with van der Waals surface area (Å²) in [6.45, 7) is 19.4. The summed E-state index contributed by atoms with van der Waals surface area (Å²) in [5.74, 6) is 2.92. The third-order valence-corrected chi connectivity index (χ3v) is 10.4. The van der Waals surface area contributed by atoms with Gasteiger partial charge in [0, 0.05) is 11.4 Å². The van der Waals surface area contributed by atoms with Gasteiger partial charge in [-0.05, 0) is 135 Å². The van der Waals surface area contributed by atoms with Crippen molar-refractivity contribution in [2.75, 3.05) is 5.32 Å². The molecular formula is C40H57FN2. The molecule has 0 spiro atoms. The lowest BCUT2D eigenvalue weighted by Crippen LogP contribution is -2.21. The number of nitrogens with zero attached hydrogens (tertiary/aromatic N) is 1. The van der Waals surface area contributed by atoms with E-state index in [9.17, 15) is 4.39 Å². The van der Waals surface area contributed by atoms with E-state index in [0.717, 1.165) is 41.1 Å². The summed E-state index contributed by atoms with van der Waals surface area (Å²) < 4.78 is 13.4. The first-order valence-corrected chi connectivity index (χ1v) is 17.1. The number of nitrogens with one attached hydrogen (secondary N) is 1. The predicted octanol–water partition coefficient (Wildman–Crippen LogP) is 12.1. The maximum absolute atomic E-state index is 13.4. The van der Waals surface area contributed by atoms with Crippen LogP contribution >= 0.6 is 0 Å². The van der Waals surface area contributed by atoms with Crippen LogP contribution in [0.1, 0.15) is 128 Å². The van der Waals surface area contributed by atoms with E-state index < -0.39 is 0 Å². The van der Waals surface area contributed by atoms with Crippen molar-refractivity contribution in [2.24, 2.45) is 23.7 Å². The Morgan fingerprint density at radius 3 is 2.47 bits per heavy atom. The van der Waals surface area contributed by atoms with Crippen molar-refractivity contribution in [3.8, 4) is 6.07 Å². The molecule has 2 aliphatic rings. The topological polar surface area (TPSA) is 35.8 Å². The fraction of sp³-hybridized carbons (Fsp3) is 0.575. The van der Waals surface area contributed by atoms with Crippen LogP contribution in [-0.2, 0) is 5.41 Å². The average Bonchev–Trinajstić information content (AvgIpc) is 3.74. The summed E-state index contributed by atoms with van der Waals surface area (Å²) in [6, 6.07) is 15.5. The van der Waals surface area contributed by atoms with Gasteiger partial charge in [0.05, 0.1) is 11.6 Å². The fourth-order valence-corrected chi connectivity index (χ4v) is 7.53. The van der Waals surface area contributed by atoms with Crippen LogP contribution in [0.25, 0.3) is 0 Å². The molecule has 2 aromatic carbocycles. The number of fused-ring (bicyclic) bond motifs is 1. The van der Waals surface area contributed by atoms with E-state index in [1.165, 1.54) is 94.3 Å². The molecule has 2 nitrogen and oxygen atoms in total. The lowest BCUT2D eigenvalue weighted by molar-refractivity contribution is 0.315. The van der Waals surface area contributed by atoms with Crippen molar-refractivity contribution in [1.82, 2.24) is 0 Å². The molecule has 0 amide bonds. The van der Waals surface area contributed by atoms with Gasteiger partial charge in [-0.15, -0.1) is 0 Å². The number of halogens is 1. The van der Waals surface area contributed by atoms with Crippen LogP contribution in [0.2, 0.25) is 0 Å². The van der Waals surface area contributed by atoms with Crippen LogP contribution in [0.3, 0.4) is 0 Å². The quantitative estimate of drug-likeness (QED) is 0.211. The van der Waals surface area contributed by atoms with Crippen LogP contribution in [0.15, 0.2) is 66.9 Å². The summed E-state index contributed by atoms with van der Waals surface area (Å²) in [5, 5.41) is 12.5. The first kappa shape index (κ1) is 34.6. The number of nitriles is 1. The Hall–Kier alpha value is -2.86. The summed E-state index contributed by atoms with van der Waals surface area (Å²) in [6.07, 6.45) is 16.5. The first-order chi connectivity index (χ1) is 20.7. The SMILES string of the molecule is C=C(CC1CCC2(c3cccc(C#N)c3)CC2C1)Nc1ccc(F)c(C)c1.C=C(CCCC(CC)CCC)C(CC)CC. The maximum Gasteiger partial charge on any atom is 0.126 e. The van der Waals surface area contributed by atoms with E-state index in [-0.39, 0.29) is 5.82 Å². The molecule has 2 aromatic rings. The van der Waals surface area contributed by atoms with E-state index in [2.05, 4.69) is 64.4 Å². The van der Waals surface area contributed by atoms with Gasteiger partial charge < -0.3 is 5.32 Å². The first-order valence-electron chi connectivity index (χ1n) is 17.1. The van der Waals surface area contributed by atoms with E-state index in [1.807, 2.05) is 18.2 Å². The Balaban J connectivity index is 0.000000273. The zero-order valence-corrected chi connectivity index (χ0v) is 27.8. The maximum atomic E-state index is 13.4. The highest BCUT2D eigenvalue weighted by atomic mass is 19.1. The second-order valence-corrected chi connectivity index (χ2v) is 13.4. The highest BCUT2D eigenvalue weighted by molar-refractivity contribution is 5.50. The van der Waals surface area contributed by atoms with Crippen LogP contribution in [0, 0.1) is 47.7 Å². The summed E-state index contributed by atoms with van der Waals surface area (Å²) >= 11 is 0. The summed E-state index contributed by atoms with van der Waals surface area (Å²) in [7, 11) is 0. The number of hydrogen-bond acceptors (Lipinski definition) is 2. The average molecular weight is 585 g/mol. The van der Waals surface area contributed by atoms with Crippen LogP contribution in [0.5, 0.6) is 0 Å². The molecule has 0 aliphatic heterocycles. The summed E-state index contributed by atoms with van der Waals surface area (Å²) in [4.78, 5) is 0. The largest absolute Gasteiger partial charge is 0.359 e. The highest BCUT2D eigenvalue weighted by Gasteiger charge is 2.57. The molecule has 0 saturated heterocycles. The number of allylic oxidation sites excluding steroid dienone is 2. The standard InChI is InChI=1S/C24H25FN2.C16H32/c1-16-10-22(6-7-23(16)25)27-17(2)11-18-8-9-24(14-21(24)12-18)20-5-3-4-19(13-20)15-26;1-6-11-15(7-2)13-10-12-14(5)16(8-3)9-4/h3-7,10,13,18,21,27H,2,8-9,11-12,14H2,1H3;15-16H,5-13H2,1-4H3. The lowest BCUT2D eigenvalue weighted by Gasteiger charge is -2.29. The number of benzene rings is 2. The minimum atomic E-state index is -0.177. The van der Waals surface area contributed by atoms with Gasteiger partial charge in [-0.25, -0.2) is 4.39 Å². The third-order valence-electron chi connectivity index (χ3n) is 10.4. The Kier molecular flexibility index (Phi) is 13.6. The van der Waals surface area contributed by atoms with Gasteiger partial charge in [-0.1, -0.05) is 84.2 Å². The number of rotatable bonds is 15. The van der Waals surface area contributed by atoms with Crippen molar-refractivity contribution in [1.29, 1.82) is 5.26 Å². The molecule has 2 aliphatic carbocycles. The monoisotopic (exact) mass is 584 g/mol. The van der Waals surface area contributed by atoms with Gasteiger partial charge in [-0.3, -0.25) is 0 Å². The van der Waals surface area contributed by atoms with E-state index in [1.54, 1.807) is 13.0 Å². The molecule has 4 unspecified atom stereocenters. The van der Waals surface area contributed by atoms with Gasteiger partial charge in [0.2, 0.25) is 0 Å². The van der Waals surface area contributed by atoms with Gasteiger partial charge >= 0.3 is 0 Å². The van der Waals surface area contributed by atoms with Gasteiger partial charge in [0.25, 0.3) is 0 Å². The van der Waals surface area contributed by atoms with E-state index in [0.29, 0.717) is 16.9 Å². The van der Waals surface area contributed by atoms with Crippen LogP contribution in [0.4, 0.5) is 10.1 Å². The van der Waals surface area contributed by atoms with Crippen molar-refractivity contribution < 1.29 is 4.39 Å². The zero-order chi connectivity index (χ0) is 31.4. The predicted molar refractivity (Wildman–Crippen MR) is 183 cm³/mol.